The topological polar surface area (TPSA) is 116 Å². The molecule has 30 heavy (non-hydrogen) atoms. The van der Waals surface area contributed by atoms with Gasteiger partial charge in [-0.2, -0.15) is 10.4 Å². The van der Waals surface area contributed by atoms with Gasteiger partial charge in [-0.3, -0.25) is 9.59 Å². The monoisotopic (exact) mass is 404 g/mol. The van der Waals surface area contributed by atoms with Crippen molar-refractivity contribution in [2.75, 3.05) is 6.54 Å². The maximum atomic E-state index is 12.6. The fraction of sp³-hybridized carbons (Fsp3) is 0.409. The summed E-state index contributed by atoms with van der Waals surface area (Å²) in [7, 11) is 0. The normalized spacial score (nSPS) is 13.3. The highest BCUT2D eigenvalue weighted by Gasteiger charge is 2.26. The summed E-state index contributed by atoms with van der Waals surface area (Å²) in [6, 6.07) is 4.14. The van der Waals surface area contributed by atoms with Crippen LogP contribution in [0.25, 0.3) is 5.65 Å². The third-order valence-corrected chi connectivity index (χ3v) is 5.62. The van der Waals surface area contributed by atoms with Gasteiger partial charge in [0.15, 0.2) is 11.4 Å². The Bertz CT molecular complexity index is 1210. The van der Waals surface area contributed by atoms with Crippen molar-refractivity contribution in [1.82, 2.24) is 24.9 Å². The highest BCUT2D eigenvalue weighted by molar-refractivity contribution is 6.04. The number of nitrogens with one attached hydrogen (secondary N) is 2. The van der Waals surface area contributed by atoms with E-state index in [4.69, 9.17) is 0 Å². The van der Waals surface area contributed by atoms with Crippen LogP contribution in [0, 0.1) is 32.1 Å². The van der Waals surface area contributed by atoms with E-state index in [-0.39, 0.29) is 11.7 Å². The third-order valence-electron chi connectivity index (χ3n) is 5.62. The number of fused-ring (bicyclic) bond motifs is 2. The molecule has 0 aliphatic heterocycles. The predicted molar refractivity (Wildman–Crippen MR) is 111 cm³/mol. The number of aryl methyl sites for hydroxylation is 4. The average Bonchev–Trinajstić information content (AvgIpc) is 3.23. The first kappa shape index (κ1) is 19.8. The zero-order valence-corrected chi connectivity index (χ0v) is 17.4. The van der Waals surface area contributed by atoms with Crippen molar-refractivity contribution in [2.45, 2.75) is 52.9 Å². The van der Waals surface area contributed by atoms with Crippen molar-refractivity contribution in [2.24, 2.45) is 0 Å². The summed E-state index contributed by atoms with van der Waals surface area (Å²) < 4.78 is 1.70. The summed E-state index contributed by atoms with van der Waals surface area (Å²) in [6.07, 6.45) is 3.36. The molecule has 3 aromatic rings. The molecule has 0 radical (unpaired) electrons. The van der Waals surface area contributed by atoms with Crippen LogP contribution < -0.4 is 5.32 Å². The molecule has 1 aliphatic rings. The lowest BCUT2D eigenvalue weighted by atomic mass is 9.94. The van der Waals surface area contributed by atoms with Crippen LogP contribution in [-0.4, -0.2) is 37.8 Å². The number of carbonyl (C=O) groups excluding carboxylic acids is 2. The van der Waals surface area contributed by atoms with E-state index in [2.05, 4.69) is 26.5 Å². The summed E-state index contributed by atoms with van der Waals surface area (Å²) in [5.41, 5.74) is 6.28. The summed E-state index contributed by atoms with van der Waals surface area (Å²) in [5.74, 6) is -0.0996. The molecule has 2 N–H and O–H groups in total. The molecule has 0 unspecified atom stereocenters. The van der Waals surface area contributed by atoms with Crippen LogP contribution in [0.5, 0.6) is 0 Å². The minimum atomic E-state index is -0.210. The Labute approximate surface area is 174 Å². The molecule has 154 valence electrons. The maximum Gasteiger partial charge on any atom is 0.268 e. The van der Waals surface area contributed by atoms with Crippen molar-refractivity contribution in [3.05, 3.63) is 51.2 Å². The first-order valence-electron chi connectivity index (χ1n) is 10.2. The first-order valence-corrected chi connectivity index (χ1v) is 10.2. The molecule has 0 spiro atoms. The molecule has 4 rings (SSSR count). The number of amides is 1. The number of aromatic amines is 1. The average molecular weight is 404 g/mol. The van der Waals surface area contributed by atoms with Gasteiger partial charge in [-0.15, -0.1) is 0 Å². The quantitative estimate of drug-likeness (QED) is 0.634. The van der Waals surface area contributed by atoms with Gasteiger partial charge in [0, 0.05) is 35.6 Å². The van der Waals surface area contributed by atoms with E-state index in [9.17, 15) is 14.9 Å². The second-order valence-electron chi connectivity index (χ2n) is 7.82. The summed E-state index contributed by atoms with van der Waals surface area (Å²) >= 11 is 0. The fourth-order valence-electron chi connectivity index (χ4n) is 4.20. The van der Waals surface area contributed by atoms with Crippen molar-refractivity contribution >= 4 is 17.3 Å². The standard InChI is InChI=1S/C22H24N6O2/c1-12-10-13(2)28-21(25-12)15(11-23)16(27-28)7-5-9-24-22(30)20-14(3)19-17(26-20)6-4-8-18(19)29/h10,26H,4-9H2,1-3H3,(H,24,30). The highest BCUT2D eigenvalue weighted by atomic mass is 16.2. The fourth-order valence-corrected chi connectivity index (χ4v) is 4.20. The van der Waals surface area contributed by atoms with Gasteiger partial charge < -0.3 is 10.3 Å². The van der Waals surface area contributed by atoms with Gasteiger partial charge in [0.05, 0.1) is 5.69 Å². The number of Topliss-reactive ketones (excluding diaryl/α,β-unsaturated/α-hetero) is 1. The van der Waals surface area contributed by atoms with Crippen molar-refractivity contribution < 1.29 is 9.59 Å². The zero-order valence-electron chi connectivity index (χ0n) is 17.4. The number of carbonyl (C=O) groups is 2. The lowest BCUT2D eigenvalue weighted by molar-refractivity contribution is 0.0947. The minimum Gasteiger partial charge on any atom is -0.354 e. The second-order valence-corrected chi connectivity index (χ2v) is 7.82. The molecule has 1 amide bonds. The number of H-pyrrole nitrogens is 1. The van der Waals surface area contributed by atoms with Crippen LogP contribution >= 0.6 is 0 Å². The van der Waals surface area contributed by atoms with E-state index in [0.717, 1.165) is 35.5 Å². The van der Waals surface area contributed by atoms with E-state index < -0.39 is 0 Å². The Hall–Kier alpha value is -3.47. The molecule has 0 fully saturated rings. The Morgan fingerprint density at radius 1 is 1.33 bits per heavy atom. The van der Waals surface area contributed by atoms with Crippen LogP contribution in [-0.2, 0) is 12.8 Å². The van der Waals surface area contributed by atoms with E-state index in [0.29, 0.717) is 54.0 Å². The van der Waals surface area contributed by atoms with E-state index >= 15 is 0 Å². The number of hydrogen-bond acceptors (Lipinski definition) is 5. The molecule has 1 aliphatic carbocycles. The van der Waals surface area contributed by atoms with Crippen LogP contribution in [0.3, 0.4) is 0 Å². The second kappa shape index (κ2) is 7.75. The molecule has 0 saturated heterocycles. The van der Waals surface area contributed by atoms with Gasteiger partial charge in [0.25, 0.3) is 5.91 Å². The molecular formula is C22H24N6O2. The molecule has 8 heteroatoms. The van der Waals surface area contributed by atoms with Crippen LogP contribution in [0.4, 0.5) is 0 Å². The van der Waals surface area contributed by atoms with Gasteiger partial charge in [-0.1, -0.05) is 0 Å². The van der Waals surface area contributed by atoms with E-state index in [1.165, 1.54) is 0 Å². The van der Waals surface area contributed by atoms with Gasteiger partial charge in [-0.25, -0.2) is 9.50 Å². The van der Waals surface area contributed by atoms with Gasteiger partial charge >= 0.3 is 0 Å². The maximum absolute atomic E-state index is 12.6. The van der Waals surface area contributed by atoms with Gasteiger partial charge in [0.1, 0.15) is 17.3 Å². The molecule has 3 heterocycles. The number of nitrogens with zero attached hydrogens (tertiary/aromatic N) is 4. The lowest BCUT2D eigenvalue weighted by Crippen LogP contribution is -2.26. The Kier molecular flexibility index (Phi) is 5.12. The van der Waals surface area contributed by atoms with Crippen LogP contribution in [0.15, 0.2) is 6.07 Å². The smallest absolute Gasteiger partial charge is 0.268 e. The largest absolute Gasteiger partial charge is 0.354 e. The predicted octanol–water partition coefficient (Wildman–Crippen LogP) is 2.74. The van der Waals surface area contributed by atoms with Crippen LogP contribution in [0.1, 0.15) is 74.0 Å². The molecular weight excluding hydrogens is 380 g/mol. The first-order chi connectivity index (χ1) is 14.4. The Morgan fingerprint density at radius 3 is 2.87 bits per heavy atom. The number of ketones is 1. The molecule has 0 aromatic carbocycles. The van der Waals surface area contributed by atoms with Gasteiger partial charge in [0.2, 0.25) is 0 Å². The highest BCUT2D eigenvalue weighted by Crippen LogP contribution is 2.26. The summed E-state index contributed by atoms with van der Waals surface area (Å²) in [6.45, 7) is 6.09. The van der Waals surface area contributed by atoms with Gasteiger partial charge in [-0.05, 0) is 58.1 Å². The molecule has 3 aromatic heterocycles. The molecule has 0 bridgehead atoms. The lowest BCUT2D eigenvalue weighted by Gasteiger charge is -2.09. The number of hydrogen-bond donors (Lipinski definition) is 2. The van der Waals surface area contributed by atoms with Crippen molar-refractivity contribution in [3.8, 4) is 6.07 Å². The number of rotatable bonds is 5. The van der Waals surface area contributed by atoms with Crippen molar-refractivity contribution in [1.29, 1.82) is 5.26 Å². The Balaban J connectivity index is 1.43. The molecule has 0 atom stereocenters. The van der Waals surface area contributed by atoms with E-state index in [1.807, 2.05) is 26.8 Å². The van der Waals surface area contributed by atoms with E-state index in [1.54, 1.807) is 4.52 Å². The summed E-state index contributed by atoms with van der Waals surface area (Å²) in [4.78, 5) is 32.3. The Morgan fingerprint density at radius 2 is 2.13 bits per heavy atom. The minimum absolute atomic E-state index is 0.110. The van der Waals surface area contributed by atoms with Crippen molar-refractivity contribution in [3.63, 3.8) is 0 Å². The number of aromatic nitrogens is 4. The number of nitriles is 1. The zero-order chi connectivity index (χ0) is 21.4. The molecule has 8 nitrogen and oxygen atoms in total. The third kappa shape index (κ3) is 3.36. The SMILES string of the molecule is Cc1cc(C)n2nc(CCCNC(=O)c3[nH]c4c(c3C)C(=O)CCC4)c(C#N)c2n1. The summed E-state index contributed by atoms with van der Waals surface area (Å²) in [5, 5.41) is 17.0. The van der Waals surface area contributed by atoms with Crippen LogP contribution in [0.2, 0.25) is 0 Å². The molecule has 0 saturated carbocycles.